The minimum absolute atomic E-state index is 0.152. The molecule has 0 saturated carbocycles. The Morgan fingerprint density at radius 3 is 1.09 bits per heavy atom. The van der Waals surface area contributed by atoms with E-state index in [-0.39, 0.29) is 11.5 Å². The van der Waals surface area contributed by atoms with Gasteiger partial charge in [0.1, 0.15) is 11.5 Å². The number of rotatable bonds is 15. The van der Waals surface area contributed by atoms with Gasteiger partial charge in [-0.2, -0.15) is 0 Å². The molecule has 77 heavy (non-hydrogen) atoms. The normalized spacial score (nSPS) is 11.6. The maximum absolute atomic E-state index is 15.1. The molecular weight excluding hydrogens is 1120 g/mol. The second-order valence-electron chi connectivity index (χ2n) is 20.1. The molecule has 0 heterocycles. The average Bonchev–Trinajstić information content (AvgIpc) is 3.40. The minimum atomic E-state index is -2.17. The summed E-state index contributed by atoms with van der Waals surface area (Å²) in [6, 6.07) is 20.0. The van der Waals surface area contributed by atoms with Crippen molar-refractivity contribution in [2.45, 2.75) is 152 Å². The van der Waals surface area contributed by atoms with Crippen LogP contribution in [0.25, 0.3) is 22.3 Å². The topological polar surface area (TPSA) is 71.3 Å². The van der Waals surface area contributed by atoms with Crippen LogP contribution in [-0.2, 0) is 23.3 Å². The quantitative estimate of drug-likeness (QED) is 0.0465. The summed E-state index contributed by atoms with van der Waals surface area (Å²) in [6.07, 6.45) is 0. The Kier molecular flexibility index (Phi) is 22.1. The Hall–Kier alpha value is -5.32. The number of halogens is 9. The Balaban J connectivity index is 0.000000250. The summed E-state index contributed by atoms with van der Waals surface area (Å²) in [4.78, 5) is 0. The monoisotopic (exact) mass is 1200 g/mol. The van der Waals surface area contributed by atoms with Crippen molar-refractivity contribution in [3.8, 4) is 45.3 Å². The molecule has 0 fully saturated rings. The first-order chi connectivity index (χ1) is 36.0. The smallest absolute Gasteiger partial charge is 0.250 e. The molecule has 6 rings (SSSR count). The van der Waals surface area contributed by atoms with Crippen molar-refractivity contribution >= 4 is 26.7 Å². The second-order valence-corrected chi connectivity index (χ2v) is 31.0. The summed E-state index contributed by atoms with van der Waals surface area (Å²) in [5, 5.41) is 21.0. The van der Waals surface area contributed by atoms with E-state index >= 15 is 8.78 Å². The molecule has 0 spiro atoms. The number of benzene rings is 6. The van der Waals surface area contributed by atoms with Crippen molar-refractivity contribution in [1.82, 2.24) is 0 Å². The third kappa shape index (κ3) is 13.8. The molecule has 0 unspecified atom stereocenters. The summed E-state index contributed by atoms with van der Waals surface area (Å²) in [5.74, 6) is -12.8. The molecule has 17 heteroatoms. The van der Waals surface area contributed by atoms with E-state index in [0.717, 1.165) is 75.2 Å². The Bertz CT molecular complexity index is 2950. The number of aromatic hydroxyl groups is 2. The molecule has 0 saturated heterocycles. The van der Waals surface area contributed by atoms with Gasteiger partial charge in [0.15, 0.2) is 34.8 Å². The van der Waals surface area contributed by atoms with Crippen LogP contribution >= 0.6 is 0 Å². The van der Waals surface area contributed by atoms with Crippen molar-refractivity contribution in [1.29, 1.82) is 0 Å². The first-order valence-corrected chi connectivity index (χ1v) is 32.8. The zero-order valence-corrected chi connectivity index (χ0v) is 51.0. The SMILES string of the molecule is CC(C)([CH]=[Mo]=[N]c1c(F)c(F)c(F)c(F)c1F)c1ccccc1.CC[Si](CC)(CC)Oc1c(F)cc(C)c(C)c1-c1c(C)c(C)cc(F)c1O.CC[Si](CC)(CC)Oc1c(F)cc(C)c(C)c1-c1c(C)c(C)cc(F)c1O. The first kappa shape index (κ1) is 64.2. The van der Waals surface area contributed by atoms with Gasteiger partial charge in [0, 0.05) is 22.3 Å². The van der Waals surface area contributed by atoms with Crippen LogP contribution in [0.3, 0.4) is 0 Å². The zero-order valence-electron chi connectivity index (χ0n) is 47.0. The van der Waals surface area contributed by atoms with E-state index in [1.165, 1.54) is 24.3 Å². The molecule has 5 nitrogen and oxygen atoms in total. The van der Waals surface area contributed by atoms with E-state index in [0.29, 0.717) is 33.4 Å². The van der Waals surface area contributed by atoms with Crippen LogP contribution in [0.2, 0.25) is 36.3 Å². The van der Waals surface area contributed by atoms with Crippen molar-refractivity contribution in [2.75, 3.05) is 0 Å². The summed E-state index contributed by atoms with van der Waals surface area (Å²) in [7, 11) is -4.34. The van der Waals surface area contributed by atoms with Crippen LogP contribution < -0.4 is 8.85 Å². The van der Waals surface area contributed by atoms with Gasteiger partial charge in [0.25, 0.3) is 16.6 Å². The van der Waals surface area contributed by atoms with E-state index in [1.54, 1.807) is 18.2 Å². The molecular formula is C60H72F9MoNO4Si2. The van der Waals surface area contributed by atoms with E-state index in [9.17, 15) is 40.9 Å². The summed E-state index contributed by atoms with van der Waals surface area (Å²) in [5.41, 5.74) is 6.99. The molecule has 6 aromatic rings. The number of phenolic OH excluding ortho intramolecular Hbond substituents is 2. The van der Waals surface area contributed by atoms with Crippen LogP contribution in [0.5, 0.6) is 23.0 Å². The molecule has 0 aliphatic rings. The number of phenols is 2. The molecule has 0 aliphatic carbocycles. The number of aryl methyl sites for hydroxylation is 4. The molecule has 0 radical (unpaired) electrons. The third-order valence-corrected chi connectivity index (χ3v) is 26.7. The number of hydrogen-bond donors (Lipinski definition) is 2. The molecule has 0 bridgehead atoms. The van der Waals surface area contributed by atoms with Gasteiger partial charge in [-0.1, -0.05) is 41.5 Å². The molecule has 6 aromatic carbocycles. The van der Waals surface area contributed by atoms with Crippen LogP contribution in [0.15, 0.2) is 58.1 Å². The Labute approximate surface area is 459 Å². The fourth-order valence-electron chi connectivity index (χ4n) is 9.02. The minimum Gasteiger partial charge on any atom is -0.541 e. The number of nitrogens with zero attached hydrogens (tertiary/aromatic N) is 1. The van der Waals surface area contributed by atoms with Gasteiger partial charge in [0.05, 0.1) is 0 Å². The van der Waals surface area contributed by atoms with E-state index in [4.69, 9.17) is 8.85 Å². The van der Waals surface area contributed by atoms with Crippen LogP contribution in [0.4, 0.5) is 45.2 Å². The van der Waals surface area contributed by atoms with Gasteiger partial charge in [-0.25, -0.2) is 17.6 Å². The van der Waals surface area contributed by atoms with Gasteiger partial charge in [-0.15, -0.1) is 0 Å². The predicted octanol–water partition coefficient (Wildman–Crippen LogP) is 19.0. The molecule has 418 valence electrons. The van der Waals surface area contributed by atoms with Crippen LogP contribution in [0.1, 0.15) is 105 Å². The van der Waals surface area contributed by atoms with Gasteiger partial charge >= 0.3 is 138 Å². The maximum atomic E-state index is 15.1. The van der Waals surface area contributed by atoms with Gasteiger partial charge in [0.2, 0.25) is 0 Å². The van der Waals surface area contributed by atoms with Gasteiger partial charge in [-0.3, -0.25) is 0 Å². The van der Waals surface area contributed by atoms with Gasteiger partial charge < -0.3 is 19.1 Å². The first-order valence-electron chi connectivity index (χ1n) is 25.7. The molecule has 0 atom stereocenters. The molecule has 0 aliphatic heterocycles. The Morgan fingerprint density at radius 2 is 0.766 bits per heavy atom. The fraction of sp³-hybridized carbons (Fsp3) is 0.383. The van der Waals surface area contributed by atoms with Gasteiger partial charge in [-0.05, 0) is 160 Å². The van der Waals surface area contributed by atoms with Crippen molar-refractivity contribution in [3.05, 3.63) is 157 Å². The fourth-order valence-corrected chi connectivity index (χ4v) is 15.9. The van der Waals surface area contributed by atoms with E-state index in [1.807, 2.05) is 85.7 Å². The average molecular weight is 1190 g/mol. The third-order valence-electron chi connectivity index (χ3n) is 15.3. The molecule has 2 N–H and O–H groups in total. The number of hydrogen-bond acceptors (Lipinski definition) is 5. The zero-order chi connectivity index (χ0) is 58.2. The van der Waals surface area contributed by atoms with Crippen molar-refractivity contribution < 1.29 is 76.5 Å². The summed E-state index contributed by atoms with van der Waals surface area (Å²) < 4.78 is 143. The van der Waals surface area contributed by atoms with Crippen LogP contribution in [0, 0.1) is 108 Å². The Morgan fingerprint density at radius 1 is 0.468 bits per heavy atom. The van der Waals surface area contributed by atoms with Crippen molar-refractivity contribution in [2.24, 2.45) is 3.50 Å². The molecule has 0 amide bonds. The predicted molar refractivity (Wildman–Crippen MR) is 294 cm³/mol. The van der Waals surface area contributed by atoms with E-state index < -0.39 is 110 Å². The largest absolute Gasteiger partial charge is 0.541 e. The summed E-state index contributed by atoms with van der Waals surface area (Å²) >= 11 is -1.47. The molecule has 0 aromatic heterocycles. The van der Waals surface area contributed by atoms with E-state index in [2.05, 4.69) is 45.0 Å². The van der Waals surface area contributed by atoms with Crippen molar-refractivity contribution in [3.63, 3.8) is 0 Å². The second kappa shape index (κ2) is 26.6. The summed E-state index contributed by atoms with van der Waals surface area (Å²) in [6.45, 7) is 30.8. The maximum Gasteiger partial charge on any atom is 0.250 e. The standard InChI is InChI=1S/2C22H30F2O2Si.C10H12.C6F5N.Mo/c2*1-8-27(9-2,10-3)26-22-18(24)12-14(5)16(7)20(22)19-15(6)13(4)11-17(23)21(19)25;1-10(2,3)9-7-5-4-6-8-9;7-1-2(8)4(10)6(12)5(11)3(1)9;/h2*11-12,25H,8-10H2,1-7H3;1,4-8H,2-3H3;;. The van der Waals surface area contributed by atoms with Crippen LogP contribution in [-0.4, -0.2) is 31.2 Å².